The Labute approximate surface area is 120 Å². The second kappa shape index (κ2) is 8.54. The molecule has 0 aromatic heterocycles. The maximum absolute atomic E-state index is 11.5. The molecule has 0 fully saturated rings. The Morgan fingerprint density at radius 1 is 1.53 bits per heavy atom. The Morgan fingerprint density at radius 2 is 2.24 bits per heavy atom. The van der Waals surface area contributed by atoms with E-state index in [1.807, 2.05) is 20.8 Å². The number of esters is 1. The molecular formula is C11H22IN3O2. The third-order valence-corrected chi connectivity index (χ3v) is 2.23. The minimum atomic E-state index is -0.168. The molecule has 0 aromatic rings. The van der Waals surface area contributed by atoms with Gasteiger partial charge in [0.15, 0.2) is 5.96 Å². The van der Waals surface area contributed by atoms with E-state index < -0.39 is 0 Å². The van der Waals surface area contributed by atoms with Crippen molar-refractivity contribution in [3.8, 4) is 0 Å². The predicted octanol–water partition coefficient (Wildman–Crippen LogP) is 1.13. The van der Waals surface area contributed by atoms with Crippen LogP contribution in [0, 0.1) is 5.92 Å². The topological polar surface area (TPSA) is 62.7 Å². The van der Waals surface area contributed by atoms with E-state index in [1.54, 1.807) is 0 Å². The number of hydrogen-bond donors (Lipinski definition) is 2. The van der Waals surface area contributed by atoms with Gasteiger partial charge < -0.3 is 15.4 Å². The van der Waals surface area contributed by atoms with Crippen molar-refractivity contribution in [2.24, 2.45) is 10.9 Å². The lowest BCUT2D eigenvalue weighted by atomic mass is 10.2. The predicted molar refractivity (Wildman–Crippen MR) is 78.7 cm³/mol. The number of aliphatic imine (C=N–C) groups is 1. The zero-order chi connectivity index (χ0) is 12.0. The molecule has 0 saturated heterocycles. The lowest BCUT2D eigenvalue weighted by Gasteiger charge is -2.18. The van der Waals surface area contributed by atoms with E-state index in [2.05, 4.69) is 15.6 Å². The van der Waals surface area contributed by atoms with Gasteiger partial charge in [0.2, 0.25) is 0 Å². The van der Waals surface area contributed by atoms with Gasteiger partial charge in [0, 0.05) is 19.6 Å². The van der Waals surface area contributed by atoms with E-state index in [0.29, 0.717) is 6.54 Å². The number of nitrogens with one attached hydrogen (secondary N) is 2. The first-order valence-corrected chi connectivity index (χ1v) is 5.82. The summed E-state index contributed by atoms with van der Waals surface area (Å²) >= 11 is 0. The van der Waals surface area contributed by atoms with Crippen LogP contribution in [-0.2, 0) is 9.53 Å². The summed E-state index contributed by atoms with van der Waals surface area (Å²) in [5, 5.41) is 6.25. The molecule has 0 aromatic carbocycles. The molecule has 100 valence electrons. The Hall–Kier alpha value is -0.530. The van der Waals surface area contributed by atoms with Crippen molar-refractivity contribution in [2.75, 3.05) is 19.6 Å². The smallest absolute Gasteiger partial charge is 0.310 e. The summed E-state index contributed by atoms with van der Waals surface area (Å²) < 4.78 is 5.11. The number of nitrogens with zero attached hydrogens (tertiary/aromatic N) is 1. The van der Waals surface area contributed by atoms with Gasteiger partial charge >= 0.3 is 5.97 Å². The molecule has 1 unspecified atom stereocenters. The molecular weight excluding hydrogens is 333 g/mol. The van der Waals surface area contributed by atoms with E-state index in [-0.39, 0.29) is 42.0 Å². The normalized spacial score (nSPS) is 16.4. The number of halogens is 1. The Bertz CT molecular complexity index is 269. The third kappa shape index (κ3) is 6.70. The summed E-state index contributed by atoms with van der Waals surface area (Å²) in [6.45, 7) is 7.89. The van der Waals surface area contributed by atoms with Crippen LogP contribution < -0.4 is 10.6 Å². The monoisotopic (exact) mass is 355 g/mol. The molecule has 0 radical (unpaired) electrons. The summed E-state index contributed by atoms with van der Waals surface area (Å²) in [5.41, 5.74) is 0. The summed E-state index contributed by atoms with van der Waals surface area (Å²) in [4.78, 5) is 15.8. The van der Waals surface area contributed by atoms with Crippen molar-refractivity contribution >= 4 is 35.9 Å². The van der Waals surface area contributed by atoms with E-state index >= 15 is 0 Å². The summed E-state index contributed by atoms with van der Waals surface area (Å²) in [6.07, 6.45) is 1.01. The van der Waals surface area contributed by atoms with E-state index in [9.17, 15) is 4.79 Å². The van der Waals surface area contributed by atoms with Crippen LogP contribution in [0.5, 0.6) is 0 Å². The number of carbonyl (C=O) groups is 1. The average Bonchev–Trinajstić information content (AvgIpc) is 2.26. The zero-order valence-corrected chi connectivity index (χ0v) is 13.0. The van der Waals surface area contributed by atoms with Crippen LogP contribution >= 0.6 is 24.0 Å². The molecule has 5 nitrogen and oxygen atoms in total. The van der Waals surface area contributed by atoms with Crippen LogP contribution in [0.25, 0.3) is 0 Å². The van der Waals surface area contributed by atoms with Gasteiger partial charge in [-0.3, -0.25) is 9.79 Å². The standard InChI is InChI=1S/C11H21N3O2.HI/c1-8(2)16-10(15)9(3)7-14-11-12-5-4-6-13-11;/h8-9H,4-7H2,1-3H3,(H2,12,13,14);1H. The molecule has 1 heterocycles. The first kappa shape index (κ1) is 16.5. The van der Waals surface area contributed by atoms with E-state index in [4.69, 9.17) is 4.74 Å². The first-order valence-electron chi connectivity index (χ1n) is 5.82. The highest BCUT2D eigenvalue weighted by Gasteiger charge is 2.16. The molecule has 6 heteroatoms. The number of ether oxygens (including phenoxy) is 1. The van der Waals surface area contributed by atoms with Crippen LogP contribution in [-0.4, -0.2) is 37.7 Å². The van der Waals surface area contributed by atoms with Crippen molar-refractivity contribution in [3.63, 3.8) is 0 Å². The van der Waals surface area contributed by atoms with Crippen LogP contribution in [0.4, 0.5) is 0 Å². The largest absolute Gasteiger partial charge is 0.463 e. The second-order valence-corrected chi connectivity index (χ2v) is 4.28. The second-order valence-electron chi connectivity index (χ2n) is 4.28. The van der Waals surface area contributed by atoms with Gasteiger partial charge in [-0.1, -0.05) is 6.92 Å². The summed E-state index contributed by atoms with van der Waals surface area (Å²) in [7, 11) is 0. The maximum atomic E-state index is 11.5. The van der Waals surface area contributed by atoms with Crippen molar-refractivity contribution < 1.29 is 9.53 Å². The molecule has 1 aliphatic rings. The first-order chi connectivity index (χ1) is 7.59. The van der Waals surface area contributed by atoms with Gasteiger partial charge in [0.25, 0.3) is 0 Å². The van der Waals surface area contributed by atoms with Gasteiger partial charge in [0.05, 0.1) is 12.0 Å². The lowest BCUT2D eigenvalue weighted by molar-refractivity contribution is -0.151. The number of hydrogen-bond acceptors (Lipinski definition) is 5. The molecule has 0 spiro atoms. The lowest BCUT2D eigenvalue weighted by Crippen LogP contribution is -2.43. The molecule has 1 rings (SSSR count). The van der Waals surface area contributed by atoms with E-state index in [0.717, 1.165) is 25.5 Å². The zero-order valence-electron chi connectivity index (χ0n) is 10.7. The van der Waals surface area contributed by atoms with Gasteiger partial charge in [-0.2, -0.15) is 0 Å². The highest BCUT2D eigenvalue weighted by Crippen LogP contribution is 2.00. The number of rotatable bonds is 4. The number of guanidine groups is 1. The molecule has 0 aliphatic carbocycles. The number of carbonyl (C=O) groups excluding carboxylic acids is 1. The molecule has 1 atom stereocenters. The minimum absolute atomic E-state index is 0. The minimum Gasteiger partial charge on any atom is -0.463 e. The summed E-state index contributed by atoms with van der Waals surface area (Å²) in [5.74, 6) is 0.461. The van der Waals surface area contributed by atoms with Crippen molar-refractivity contribution in [3.05, 3.63) is 0 Å². The fraction of sp³-hybridized carbons (Fsp3) is 0.818. The molecule has 17 heavy (non-hydrogen) atoms. The van der Waals surface area contributed by atoms with Crippen molar-refractivity contribution in [1.82, 2.24) is 10.6 Å². The molecule has 2 N–H and O–H groups in total. The SMILES string of the molecule is CC(C)OC(=O)C(C)CNC1=NCCCN1.I. The van der Waals surface area contributed by atoms with Crippen LogP contribution in [0.1, 0.15) is 27.2 Å². The average molecular weight is 355 g/mol. The Morgan fingerprint density at radius 3 is 2.76 bits per heavy atom. The van der Waals surface area contributed by atoms with Crippen molar-refractivity contribution in [1.29, 1.82) is 0 Å². The van der Waals surface area contributed by atoms with Crippen LogP contribution in [0.15, 0.2) is 4.99 Å². The van der Waals surface area contributed by atoms with Gasteiger partial charge in [-0.15, -0.1) is 24.0 Å². The molecule has 0 bridgehead atoms. The van der Waals surface area contributed by atoms with Crippen LogP contribution in [0.2, 0.25) is 0 Å². The van der Waals surface area contributed by atoms with Gasteiger partial charge in [-0.25, -0.2) is 0 Å². The van der Waals surface area contributed by atoms with Gasteiger partial charge in [-0.05, 0) is 20.3 Å². The molecule has 0 saturated carbocycles. The van der Waals surface area contributed by atoms with Crippen LogP contribution in [0.3, 0.4) is 0 Å². The molecule has 0 amide bonds. The fourth-order valence-electron chi connectivity index (χ4n) is 1.33. The fourth-order valence-corrected chi connectivity index (χ4v) is 1.33. The Kier molecular flexibility index (Phi) is 8.28. The highest BCUT2D eigenvalue weighted by atomic mass is 127. The Balaban J connectivity index is 0.00000256. The van der Waals surface area contributed by atoms with Gasteiger partial charge in [0.1, 0.15) is 0 Å². The summed E-state index contributed by atoms with van der Waals surface area (Å²) in [6, 6.07) is 0. The van der Waals surface area contributed by atoms with E-state index in [1.165, 1.54) is 0 Å². The van der Waals surface area contributed by atoms with Crippen molar-refractivity contribution in [2.45, 2.75) is 33.3 Å². The highest BCUT2D eigenvalue weighted by molar-refractivity contribution is 14.0. The third-order valence-electron chi connectivity index (χ3n) is 2.23. The maximum Gasteiger partial charge on any atom is 0.310 e. The quantitative estimate of drug-likeness (QED) is 0.586. The molecule has 1 aliphatic heterocycles.